The molecule has 3 amide bonds. The standard InChI is InChI=1S/C23H28N4O6/c1-14(24)21(30)27-18(11-16-7-9-17(28)10-8-16)22(31)25-13-20(29)26-19(23(32)33)12-15-5-3-2-4-6-15/h2-10,14,18-19,28H,11-13,24H2,1H3,(H,25,31)(H,26,29)(H,27,30)(H,32,33). The van der Waals surface area contributed by atoms with Crippen molar-refractivity contribution in [1.82, 2.24) is 16.0 Å². The van der Waals surface area contributed by atoms with Crippen LogP contribution < -0.4 is 21.7 Å². The highest BCUT2D eigenvalue weighted by Gasteiger charge is 2.25. The first-order valence-corrected chi connectivity index (χ1v) is 10.3. The molecule has 33 heavy (non-hydrogen) atoms. The van der Waals surface area contributed by atoms with E-state index in [-0.39, 0.29) is 18.6 Å². The number of rotatable bonds is 11. The molecule has 3 unspecified atom stereocenters. The fraction of sp³-hybridized carbons (Fsp3) is 0.304. The molecule has 0 bridgehead atoms. The van der Waals surface area contributed by atoms with Gasteiger partial charge in [0.1, 0.15) is 17.8 Å². The predicted octanol–water partition coefficient (Wildman–Crippen LogP) is -0.305. The molecule has 3 atom stereocenters. The molecule has 7 N–H and O–H groups in total. The Morgan fingerprint density at radius 3 is 2.00 bits per heavy atom. The summed E-state index contributed by atoms with van der Waals surface area (Å²) < 4.78 is 0. The molecule has 2 rings (SSSR count). The van der Waals surface area contributed by atoms with E-state index in [4.69, 9.17) is 5.73 Å². The second kappa shape index (κ2) is 12.2. The van der Waals surface area contributed by atoms with Gasteiger partial charge >= 0.3 is 5.97 Å². The Morgan fingerprint density at radius 2 is 1.42 bits per heavy atom. The number of hydrogen-bond acceptors (Lipinski definition) is 6. The SMILES string of the molecule is CC(N)C(=O)NC(Cc1ccc(O)cc1)C(=O)NCC(=O)NC(Cc1ccccc1)C(=O)O. The van der Waals surface area contributed by atoms with Gasteiger partial charge in [0, 0.05) is 12.8 Å². The Hall–Kier alpha value is -3.92. The largest absolute Gasteiger partial charge is 0.508 e. The first kappa shape index (κ1) is 25.3. The predicted molar refractivity (Wildman–Crippen MR) is 120 cm³/mol. The van der Waals surface area contributed by atoms with Gasteiger partial charge in [-0.3, -0.25) is 14.4 Å². The highest BCUT2D eigenvalue weighted by atomic mass is 16.4. The van der Waals surface area contributed by atoms with Crippen LogP contribution in [0.5, 0.6) is 5.75 Å². The molecule has 0 saturated heterocycles. The molecule has 0 radical (unpaired) electrons. The molecule has 0 aromatic heterocycles. The lowest BCUT2D eigenvalue weighted by Crippen LogP contribution is -2.54. The maximum Gasteiger partial charge on any atom is 0.326 e. The van der Waals surface area contributed by atoms with Crippen LogP contribution in [0, 0.1) is 0 Å². The molecule has 2 aromatic rings. The van der Waals surface area contributed by atoms with E-state index in [9.17, 15) is 29.4 Å². The van der Waals surface area contributed by atoms with E-state index in [0.717, 1.165) is 5.56 Å². The van der Waals surface area contributed by atoms with Crippen LogP contribution in [0.15, 0.2) is 54.6 Å². The highest BCUT2D eigenvalue weighted by molar-refractivity contribution is 5.92. The Labute approximate surface area is 191 Å². The zero-order valence-electron chi connectivity index (χ0n) is 18.2. The van der Waals surface area contributed by atoms with Crippen LogP contribution in [0.2, 0.25) is 0 Å². The Bertz CT molecular complexity index is 963. The van der Waals surface area contributed by atoms with Gasteiger partial charge in [0.2, 0.25) is 17.7 Å². The van der Waals surface area contributed by atoms with E-state index in [1.807, 2.05) is 0 Å². The van der Waals surface area contributed by atoms with E-state index in [0.29, 0.717) is 5.56 Å². The van der Waals surface area contributed by atoms with Crippen molar-refractivity contribution < 1.29 is 29.4 Å². The van der Waals surface area contributed by atoms with Gasteiger partial charge in [0.25, 0.3) is 0 Å². The van der Waals surface area contributed by atoms with Crippen LogP contribution in [0.4, 0.5) is 0 Å². The molecular weight excluding hydrogens is 428 g/mol. The minimum absolute atomic E-state index is 0.0551. The summed E-state index contributed by atoms with van der Waals surface area (Å²) in [5.41, 5.74) is 6.97. The van der Waals surface area contributed by atoms with Crippen molar-refractivity contribution in [3.63, 3.8) is 0 Å². The third-order valence-electron chi connectivity index (χ3n) is 4.76. The number of phenols is 1. The van der Waals surface area contributed by atoms with Crippen LogP contribution in [0.25, 0.3) is 0 Å². The third-order valence-corrected chi connectivity index (χ3v) is 4.76. The fourth-order valence-electron chi connectivity index (χ4n) is 2.97. The number of amides is 3. The van der Waals surface area contributed by atoms with Gasteiger partial charge in [-0.1, -0.05) is 42.5 Å². The van der Waals surface area contributed by atoms with Crippen LogP contribution >= 0.6 is 0 Å². The molecule has 10 nitrogen and oxygen atoms in total. The number of carbonyl (C=O) groups is 4. The summed E-state index contributed by atoms with van der Waals surface area (Å²) in [6.07, 6.45) is 0.182. The molecule has 10 heteroatoms. The average Bonchev–Trinajstić information content (AvgIpc) is 2.78. The summed E-state index contributed by atoms with van der Waals surface area (Å²) in [5.74, 6) is -3.02. The Morgan fingerprint density at radius 1 is 0.848 bits per heavy atom. The van der Waals surface area contributed by atoms with Crippen molar-refractivity contribution in [3.05, 3.63) is 65.7 Å². The minimum atomic E-state index is -1.20. The van der Waals surface area contributed by atoms with Gasteiger partial charge in [-0.2, -0.15) is 0 Å². The first-order valence-electron chi connectivity index (χ1n) is 10.3. The molecule has 0 heterocycles. The van der Waals surface area contributed by atoms with Crippen LogP contribution in [0.3, 0.4) is 0 Å². The van der Waals surface area contributed by atoms with Gasteiger partial charge in [0.05, 0.1) is 12.6 Å². The lowest BCUT2D eigenvalue weighted by atomic mass is 10.0. The van der Waals surface area contributed by atoms with Crippen molar-refractivity contribution in [2.24, 2.45) is 5.73 Å². The normalized spacial score (nSPS) is 13.3. The van der Waals surface area contributed by atoms with Gasteiger partial charge < -0.3 is 31.9 Å². The summed E-state index contributed by atoms with van der Waals surface area (Å²) >= 11 is 0. The number of aliphatic carboxylic acids is 1. The smallest absolute Gasteiger partial charge is 0.326 e. The van der Waals surface area contributed by atoms with E-state index in [1.165, 1.54) is 19.1 Å². The van der Waals surface area contributed by atoms with E-state index >= 15 is 0 Å². The topological polar surface area (TPSA) is 171 Å². The molecule has 176 valence electrons. The van der Waals surface area contributed by atoms with Crippen LogP contribution in [0.1, 0.15) is 18.1 Å². The van der Waals surface area contributed by atoms with Crippen LogP contribution in [-0.2, 0) is 32.0 Å². The van der Waals surface area contributed by atoms with Crippen molar-refractivity contribution in [1.29, 1.82) is 0 Å². The van der Waals surface area contributed by atoms with Crippen molar-refractivity contribution >= 4 is 23.7 Å². The van der Waals surface area contributed by atoms with E-state index in [2.05, 4.69) is 16.0 Å². The summed E-state index contributed by atoms with van der Waals surface area (Å²) in [7, 11) is 0. The number of carbonyl (C=O) groups excluding carboxylic acids is 3. The van der Waals surface area contributed by atoms with E-state index in [1.54, 1.807) is 42.5 Å². The van der Waals surface area contributed by atoms with Gasteiger partial charge in [-0.25, -0.2) is 4.79 Å². The molecule has 0 aliphatic rings. The second-order valence-electron chi connectivity index (χ2n) is 7.59. The van der Waals surface area contributed by atoms with Gasteiger partial charge in [-0.05, 0) is 30.2 Å². The lowest BCUT2D eigenvalue weighted by molar-refractivity contribution is -0.141. The summed E-state index contributed by atoms with van der Waals surface area (Å²) in [6.45, 7) is 0.995. The molecular formula is C23H28N4O6. The van der Waals surface area contributed by atoms with Crippen molar-refractivity contribution in [2.75, 3.05) is 6.54 Å². The quantitative estimate of drug-likeness (QED) is 0.269. The summed E-state index contributed by atoms with van der Waals surface area (Å²) in [6, 6.07) is 11.9. The van der Waals surface area contributed by atoms with Gasteiger partial charge in [-0.15, -0.1) is 0 Å². The van der Waals surface area contributed by atoms with Crippen molar-refractivity contribution in [3.8, 4) is 5.75 Å². The highest BCUT2D eigenvalue weighted by Crippen LogP contribution is 2.11. The lowest BCUT2D eigenvalue weighted by Gasteiger charge is -2.20. The molecule has 0 aliphatic carbocycles. The summed E-state index contributed by atoms with van der Waals surface area (Å²) in [5, 5.41) is 26.2. The maximum absolute atomic E-state index is 12.7. The molecule has 0 saturated carbocycles. The number of carboxylic acids is 1. The minimum Gasteiger partial charge on any atom is -0.508 e. The zero-order valence-corrected chi connectivity index (χ0v) is 18.2. The average molecular weight is 456 g/mol. The van der Waals surface area contributed by atoms with Crippen LogP contribution in [-0.4, -0.2) is 58.6 Å². The summed E-state index contributed by atoms with van der Waals surface area (Å²) in [4.78, 5) is 48.5. The fourth-order valence-corrected chi connectivity index (χ4v) is 2.97. The number of hydrogen-bond donors (Lipinski definition) is 6. The monoisotopic (exact) mass is 456 g/mol. The molecule has 0 aliphatic heterocycles. The number of carboxylic acid groups (broad SMARTS) is 1. The number of aromatic hydroxyl groups is 1. The molecule has 0 spiro atoms. The maximum atomic E-state index is 12.7. The van der Waals surface area contributed by atoms with Crippen molar-refractivity contribution in [2.45, 2.75) is 37.9 Å². The number of nitrogens with one attached hydrogen (secondary N) is 3. The Kier molecular flexibility index (Phi) is 9.37. The second-order valence-corrected chi connectivity index (χ2v) is 7.59. The number of nitrogens with two attached hydrogens (primary N) is 1. The van der Waals surface area contributed by atoms with E-state index < -0.39 is 48.4 Å². The van der Waals surface area contributed by atoms with Gasteiger partial charge in [0.15, 0.2) is 0 Å². The molecule has 2 aromatic carbocycles. The molecule has 0 fully saturated rings. The Balaban J connectivity index is 1.98. The number of phenolic OH excluding ortho intramolecular Hbond substituents is 1. The first-order chi connectivity index (χ1) is 15.7. The zero-order chi connectivity index (χ0) is 24.4. The third kappa shape index (κ3) is 8.62. The number of benzene rings is 2.